The minimum atomic E-state index is -1.62. The van der Waals surface area contributed by atoms with Crippen molar-refractivity contribution in [2.75, 3.05) is 19.8 Å². The average molecular weight is 533 g/mol. The Morgan fingerprint density at radius 3 is 2.55 bits per heavy atom. The molecule has 0 radical (unpaired) electrons. The van der Waals surface area contributed by atoms with E-state index in [1.165, 1.54) is 0 Å². The molecule has 0 aliphatic heterocycles. The number of Topliss-reactive ketones (excluding diaryl/α,β-unsaturated/α-hetero) is 1. The number of aliphatic hydroxyl groups excluding tert-OH is 1. The first-order valence-electron chi connectivity index (χ1n) is 13.8. The van der Waals surface area contributed by atoms with Gasteiger partial charge in [-0.15, -0.1) is 0 Å². The van der Waals surface area contributed by atoms with Gasteiger partial charge in [-0.3, -0.25) is 9.59 Å². The van der Waals surface area contributed by atoms with Crippen LogP contribution in [0.5, 0.6) is 0 Å². The van der Waals surface area contributed by atoms with Crippen molar-refractivity contribution in [3.05, 3.63) is 23.8 Å². The number of ketones is 2. The molecule has 210 valence electrons. The van der Waals surface area contributed by atoms with Crippen molar-refractivity contribution in [3.63, 3.8) is 0 Å². The van der Waals surface area contributed by atoms with Crippen LogP contribution in [0.4, 0.5) is 9.59 Å². The highest BCUT2D eigenvalue weighted by atomic mass is 16.7. The molecule has 4 rings (SSSR count). The molecular weight excluding hydrogens is 492 g/mol. The summed E-state index contributed by atoms with van der Waals surface area (Å²) in [5, 5.41) is 11.6. The lowest BCUT2D eigenvalue weighted by molar-refractivity contribution is -0.184. The van der Waals surface area contributed by atoms with Crippen LogP contribution in [-0.2, 0) is 28.5 Å². The highest BCUT2D eigenvalue weighted by Crippen LogP contribution is 2.68. The monoisotopic (exact) mass is 532 g/mol. The van der Waals surface area contributed by atoms with E-state index in [1.807, 2.05) is 19.9 Å². The maximum Gasteiger partial charge on any atom is 0.509 e. The fourth-order valence-electron chi connectivity index (χ4n) is 7.87. The molecule has 0 amide bonds. The molecule has 0 aromatic heterocycles. The van der Waals surface area contributed by atoms with Gasteiger partial charge in [0.25, 0.3) is 0 Å². The van der Waals surface area contributed by atoms with Gasteiger partial charge >= 0.3 is 12.3 Å². The zero-order chi connectivity index (χ0) is 27.7. The smallest absolute Gasteiger partial charge is 0.435 e. The van der Waals surface area contributed by atoms with Gasteiger partial charge in [0, 0.05) is 16.7 Å². The van der Waals surface area contributed by atoms with E-state index >= 15 is 0 Å². The van der Waals surface area contributed by atoms with Gasteiger partial charge in [-0.25, -0.2) is 9.59 Å². The van der Waals surface area contributed by atoms with E-state index in [1.54, 1.807) is 19.1 Å². The van der Waals surface area contributed by atoms with E-state index in [4.69, 9.17) is 18.9 Å². The lowest BCUT2D eigenvalue weighted by atomic mass is 9.46. The van der Waals surface area contributed by atoms with Crippen LogP contribution in [0.2, 0.25) is 0 Å². The molecule has 3 fully saturated rings. The number of rotatable bonds is 8. The molecule has 1 unspecified atom stereocenters. The highest BCUT2D eigenvalue weighted by Gasteiger charge is 2.70. The predicted octanol–water partition coefficient (Wildman–Crippen LogP) is 4.70. The number of aliphatic hydroxyl groups is 1. The number of unbranched alkanes of at least 4 members (excludes halogenated alkanes) is 1. The molecule has 7 atom stereocenters. The standard InChI is InChI=1S/C29H40O9/c1-5-7-14-36-25(33)37-17-23(32)29(38-26(34)35-6-2)13-11-21-20-9-8-18-15-19(30)10-12-27(18,3)24(20)22(31)16-28(21,29)4/h10,12,15,20-22,24,31H,5-9,11,13-14,16-17H2,1-4H3/t20-,21-,22?,24+,27-,28-,29-/m0/s1. The SMILES string of the molecule is CCCCOC(=O)OCC(=O)[C@@]1(OC(=O)OCC)CC[C@H]2[C@@H]3CCC4=CC(=O)C=C[C@]4(C)[C@H]3C(O)C[C@@]21C. The van der Waals surface area contributed by atoms with Gasteiger partial charge in [0.1, 0.15) is 0 Å². The normalized spacial score (nSPS) is 37.3. The Kier molecular flexibility index (Phi) is 8.07. The zero-order valence-corrected chi connectivity index (χ0v) is 22.8. The maximum absolute atomic E-state index is 13.8. The van der Waals surface area contributed by atoms with Gasteiger partial charge < -0.3 is 24.1 Å². The van der Waals surface area contributed by atoms with E-state index in [0.29, 0.717) is 12.8 Å². The summed E-state index contributed by atoms with van der Waals surface area (Å²) < 4.78 is 21.1. The molecule has 0 saturated heterocycles. The first-order chi connectivity index (χ1) is 18.0. The second-order valence-corrected chi connectivity index (χ2v) is 11.5. The predicted molar refractivity (Wildman–Crippen MR) is 136 cm³/mol. The lowest BCUT2D eigenvalue weighted by Crippen LogP contribution is -2.63. The lowest BCUT2D eigenvalue weighted by Gasteiger charge is -2.59. The van der Waals surface area contributed by atoms with Crippen molar-refractivity contribution >= 4 is 23.9 Å². The first kappa shape index (κ1) is 28.3. The van der Waals surface area contributed by atoms with Gasteiger partial charge in [-0.05, 0) is 69.4 Å². The van der Waals surface area contributed by atoms with E-state index in [9.17, 15) is 24.3 Å². The van der Waals surface area contributed by atoms with Crippen LogP contribution in [0.1, 0.15) is 72.6 Å². The molecule has 9 nitrogen and oxygen atoms in total. The molecule has 0 spiro atoms. The fraction of sp³-hybridized carbons (Fsp3) is 0.724. The van der Waals surface area contributed by atoms with Crippen LogP contribution in [-0.4, -0.2) is 60.5 Å². The third-order valence-electron chi connectivity index (χ3n) is 9.62. The van der Waals surface area contributed by atoms with Crippen molar-refractivity contribution < 1.29 is 43.2 Å². The van der Waals surface area contributed by atoms with Crippen molar-refractivity contribution in [1.29, 1.82) is 0 Å². The average Bonchev–Trinajstić information content (AvgIpc) is 3.15. The summed E-state index contributed by atoms with van der Waals surface area (Å²) in [6, 6.07) is 0. The Morgan fingerprint density at radius 2 is 1.84 bits per heavy atom. The van der Waals surface area contributed by atoms with Crippen LogP contribution < -0.4 is 0 Å². The maximum atomic E-state index is 13.8. The number of carbonyl (C=O) groups is 4. The van der Waals surface area contributed by atoms with Crippen LogP contribution in [0, 0.1) is 28.6 Å². The van der Waals surface area contributed by atoms with Crippen molar-refractivity contribution in [2.45, 2.75) is 84.3 Å². The number of allylic oxidation sites excluding steroid dienone is 4. The Morgan fingerprint density at radius 1 is 1.08 bits per heavy atom. The zero-order valence-electron chi connectivity index (χ0n) is 22.8. The number of carbonyl (C=O) groups excluding carboxylic acids is 4. The molecule has 0 aromatic rings. The Bertz CT molecular complexity index is 1030. The molecule has 3 saturated carbocycles. The van der Waals surface area contributed by atoms with E-state index in [2.05, 4.69) is 6.92 Å². The van der Waals surface area contributed by atoms with Gasteiger partial charge in [0.05, 0.1) is 19.3 Å². The Labute approximate surface area is 223 Å². The second-order valence-electron chi connectivity index (χ2n) is 11.5. The van der Waals surface area contributed by atoms with Crippen LogP contribution >= 0.6 is 0 Å². The molecular formula is C29H40O9. The summed E-state index contributed by atoms with van der Waals surface area (Å²) >= 11 is 0. The van der Waals surface area contributed by atoms with Crippen LogP contribution in [0.3, 0.4) is 0 Å². The molecule has 4 aliphatic carbocycles. The Balaban J connectivity index is 1.63. The van der Waals surface area contributed by atoms with E-state index in [0.717, 1.165) is 24.8 Å². The summed E-state index contributed by atoms with van der Waals surface area (Å²) in [6.07, 6.45) is 6.56. The number of hydrogen-bond acceptors (Lipinski definition) is 9. The van der Waals surface area contributed by atoms with Gasteiger partial charge in [-0.1, -0.05) is 38.8 Å². The molecule has 38 heavy (non-hydrogen) atoms. The largest absolute Gasteiger partial charge is 0.509 e. The topological polar surface area (TPSA) is 125 Å². The number of ether oxygens (including phenoxy) is 4. The minimum Gasteiger partial charge on any atom is -0.435 e. The van der Waals surface area contributed by atoms with Gasteiger partial charge in [-0.2, -0.15) is 0 Å². The third-order valence-corrected chi connectivity index (χ3v) is 9.62. The van der Waals surface area contributed by atoms with E-state index in [-0.39, 0.29) is 49.6 Å². The van der Waals surface area contributed by atoms with Crippen molar-refractivity contribution in [1.82, 2.24) is 0 Å². The van der Waals surface area contributed by atoms with Crippen LogP contribution in [0.25, 0.3) is 0 Å². The summed E-state index contributed by atoms with van der Waals surface area (Å²) in [5.74, 6) is -0.699. The Hall–Kier alpha value is -2.68. The second kappa shape index (κ2) is 10.8. The third kappa shape index (κ3) is 4.67. The summed E-state index contributed by atoms with van der Waals surface area (Å²) in [6.45, 7) is 7.25. The molecule has 9 heteroatoms. The van der Waals surface area contributed by atoms with E-state index < -0.39 is 47.2 Å². The fourth-order valence-corrected chi connectivity index (χ4v) is 7.87. The summed E-state index contributed by atoms with van der Waals surface area (Å²) in [5.41, 5.74) is -1.94. The number of fused-ring (bicyclic) bond motifs is 5. The van der Waals surface area contributed by atoms with Crippen molar-refractivity contribution in [3.8, 4) is 0 Å². The highest BCUT2D eigenvalue weighted by molar-refractivity contribution is 6.01. The molecule has 0 aromatic carbocycles. The molecule has 1 N–H and O–H groups in total. The summed E-state index contributed by atoms with van der Waals surface area (Å²) in [7, 11) is 0. The van der Waals surface area contributed by atoms with Crippen molar-refractivity contribution in [2.24, 2.45) is 28.6 Å². The number of hydrogen-bond donors (Lipinski definition) is 1. The first-order valence-corrected chi connectivity index (χ1v) is 13.8. The molecule has 0 bridgehead atoms. The van der Waals surface area contributed by atoms with Gasteiger partial charge in [0.15, 0.2) is 18.0 Å². The molecule has 4 aliphatic rings. The van der Waals surface area contributed by atoms with Gasteiger partial charge in [0.2, 0.25) is 5.78 Å². The van der Waals surface area contributed by atoms with Crippen LogP contribution in [0.15, 0.2) is 23.8 Å². The summed E-state index contributed by atoms with van der Waals surface area (Å²) in [4.78, 5) is 50.5. The molecule has 0 heterocycles. The quantitative estimate of drug-likeness (QED) is 0.350. The minimum absolute atomic E-state index is 0.0322.